The Morgan fingerprint density at radius 1 is 1.71 bits per heavy atom. The fraction of sp³-hybridized carbons (Fsp3) is 0.455. The van der Waals surface area contributed by atoms with E-state index in [1.165, 1.54) is 30.2 Å². The molecule has 6 heteroatoms. The average molecular weight is 290 g/mol. The van der Waals surface area contributed by atoms with Crippen LogP contribution in [0.25, 0.3) is 0 Å². The highest BCUT2D eigenvalue weighted by molar-refractivity contribution is 8.16. The SMILES string of the molecule is COC(=O)C(Cl)C1(SC(=N)c2cccs2)CC1. The van der Waals surface area contributed by atoms with Gasteiger partial charge in [0.1, 0.15) is 10.4 Å². The van der Waals surface area contributed by atoms with Crippen LogP contribution in [0.5, 0.6) is 0 Å². The van der Waals surface area contributed by atoms with Gasteiger partial charge in [-0.15, -0.1) is 22.9 Å². The number of nitrogens with one attached hydrogen (secondary N) is 1. The largest absolute Gasteiger partial charge is 0.468 e. The van der Waals surface area contributed by atoms with Crippen LogP contribution in [0.4, 0.5) is 0 Å². The predicted molar refractivity (Wildman–Crippen MR) is 72.4 cm³/mol. The van der Waals surface area contributed by atoms with E-state index < -0.39 is 11.3 Å². The third-order valence-corrected chi connectivity index (χ3v) is 5.88. The van der Waals surface area contributed by atoms with Crippen LogP contribution in [0.3, 0.4) is 0 Å². The standard InChI is InChI=1S/C11H12ClNO2S2/c1-15-10(14)8(12)11(4-5-11)17-9(13)7-3-2-6-16-7/h2-3,6,8,13H,4-5H2,1H3. The van der Waals surface area contributed by atoms with Gasteiger partial charge in [0, 0.05) is 4.75 Å². The summed E-state index contributed by atoms with van der Waals surface area (Å²) < 4.78 is 4.32. The number of thioether (sulfide) groups is 1. The fourth-order valence-electron chi connectivity index (χ4n) is 1.51. The molecule has 1 fully saturated rings. The van der Waals surface area contributed by atoms with Crippen LogP contribution >= 0.6 is 34.7 Å². The van der Waals surface area contributed by atoms with Crippen molar-refractivity contribution in [2.24, 2.45) is 0 Å². The third-order valence-electron chi connectivity index (χ3n) is 2.66. The van der Waals surface area contributed by atoms with Crippen molar-refractivity contribution in [3.63, 3.8) is 0 Å². The van der Waals surface area contributed by atoms with Gasteiger partial charge in [0.05, 0.1) is 12.0 Å². The normalized spacial score (nSPS) is 18.5. The molecule has 0 aliphatic heterocycles. The molecule has 1 aromatic heterocycles. The minimum absolute atomic E-state index is 0.338. The van der Waals surface area contributed by atoms with Crippen LogP contribution in [0, 0.1) is 5.41 Å². The molecule has 0 amide bonds. The summed E-state index contributed by atoms with van der Waals surface area (Å²) in [4.78, 5) is 12.3. The summed E-state index contributed by atoms with van der Waals surface area (Å²) in [7, 11) is 1.34. The zero-order valence-corrected chi connectivity index (χ0v) is 11.6. The van der Waals surface area contributed by atoms with Gasteiger partial charge in [-0.05, 0) is 24.3 Å². The van der Waals surface area contributed by atoms with E-state index in [4.69, 9.17) is 17.0 Å². The second kappa shape index (κ2) is 5.00. The zero-order valence-electron chi connectivity index (χ0n) is 9.23. The molecule has 1 aliphatic carbocycles. The zero-order chi connectivity index (χ0) is 12.5. The van der Waals surface area contributed by atoms with Gasteiger partial charge in [0.25, 0.3) is 0 Å². The fourth-order valence-corrected chi connectivity index (χ4v) is 3.87. The summed E-state index contributed by atoms with van der Waals surface area (Å²) in [5, 5.41) is 9.74. The molecule has 0 radical (unpaired) electrons. The average Bonchev–Trinajstić information content (AvgIpc) is 2.91. The minimum atomic E-state index is -0.669. The van der Waals surface area contributed by atoms with Crippen molar-refractivity contribution in [3.8, 4) is 0 Å². The second-order valence-corrected chi connectivity index (χ2v) is 6.67. The van der Waals surface area contributed by atoms with Crippen LogP contribution < -0.4 is 0 Å². The lowest BCUT2D eigenvalue weighted by Crippen LogP contribution is -2.30. The smallest absolute Gasteiger partial charge is 0.325 e. The lowest BCUT2D eigenvalue weighted by atomic mass is 10.3. The maximum atomic E-state index is 11.4. The Kier molecular flexibility index (Phi) is 3.80. The minimum Gasteiger partial charge on any atom is -0.468 e. The summed E-state index contributed by atoms with van der Waals surface area (Å²) in [5.74, 6) is -0.407. The topological polar surface area (TPSA) is 50.2 Å². The number of esters is 1. The number of rotatable bonds is 4. The molecule has 0 aromatic carbocycles. The highest BCUT2D eigenvalue weighted by atomic mass is 35.5. The Morgan fingerprint density at radius 2 is 2.41 bits per heavy atom. The summed E-state index contributed by atoms with van der Waals surface area (Å²) in [5.41, 5.74) is 0. The van der Waals surface area contributed by atoms with Crippen LogP contribution in [-0.4, -0.2) is 28.2 Å². The number of ether oxygens (including phenoxy) is 1. The first-order valence-corrected chi connectivity index (χ1v) is 7.26. The lowest BCUT2D eigenvalue weighted by molar-refractivity contribution is -0.140. The van der Waals surface area contributed by atoms with E-state index in [0.29, 0.717) is 5.04 Å². The van der Waals surface area contributed by atoms with Crippen molar-refractivity contribution in [2.45, 2.75) is 23.0 Å². The Hall–Kier alpha value is -0.520. The van der Waals surface area contributed by atoms with Gasteiger partial charge in [-0.25, -0.2) is 0 Å². The van der Waals surface area contributed by atoms with Crippen LogP contribution in [0.15, 0.2) is 17.5 Å². The van der Waals surface area contributed by atoms with Gasteiger partial charge >= 0.3 is 5.97 Å². The highest BCUT2D eigenvalue weighted by Gasteiger charge is 2.54. The first-order valence-electron chi connectivity index (χ1n) is 5.12. The van der Waals surface area contributed by atoms with Crippen molar-refractivity contribution in [1.82, 2.24) is 0 Å². The molecule has 1 saturated carbocycles. The van der Waals surface area contributed by atoms with Gasteiger partial charge in [-0.1, -0.05) is 17.8 Å². The molecule has 0 saturated heterocycles. The van der Waals surface area contributed by atoms with E-state index in [0.717, 1.165) is 17.7 Å². The van der Waals surface area contributed by atoms with Crippen molar-refractivity contribution >= 4 is 45.7 Å². The molecule has 1 unspecified atom stereocenters. The van der Waals surface area contributed by atoms with Gasteiger partial charge in [-0.3, -0.25) is 10.2 Å². The van der Waals surface area contributed by atoms with E-state index >= 15 is 0 Å². The quantitative estimate of drug-likeness (QED) is 0.401. The first kappa shape index (κ1) is 12.9. The summed E-state index contributed by atoms with van der Waals surface area (Å²) in [6, 6.07) is 3.81. The van der Waals surface area contributed by atoms with E-state index in [1.807, 2.05) is 17.5 Å². The third kappa shape index (κ3) is 2.67. The van der Waals surface area contributed by atoms with Crippen LogP contribution in [0.2, 0.25) is 0 Å². The highest BCUT2D eigenvalue weighted by Crippen LogP contribution is 2.54. The number of hydrogen-bond acceptors (Lipinski definition) is 5. The number of methoxy groups -OCH3 is 1. The lowest BCUT2D eigenvalue weighted by Gasteiger charge is -2.18. The molecular formula is C11H12ClNO2S2. The molecule has 17 heavy (non-hydrogen) atoms. The van der Waals surface area contributed by atoms with Crippen molar-refractivity contribution < 1.29 is 9.53 Å². The molecule has 3 nitrogen and oxygen atoms in total. The second-order valence-electron chi connectivity index (χ2n) is 3.86. The van der Waals surface area contributed by atoms with Crippen LogP contribution in [0.1, 0.15) is 17.7 Å². The summed E-state index contributed by atoms with van der Waals surface area (Å²) in [6.07, 6.45) is 1.71. The maximum Gasteiger partial charge on any atom is 0.325 e. The number of carbonyl (C=O) groups is 1. The van der Waals surface area contributed by atoms with E-state index in [-0.39, 0.29) is 4.75 Å². The number of halogens is 1. The molecule has 1 N–H and O–H groups in total. The molecular weight excluding hydrogens is 278 g/mol. The van der Waals surface area contributed by atoms with Gasteiger partial charge in [-0.2, -0.15) is 0 Å². The Bertz CT molecular complexity index is 429. The molecule has 1 atom stereocenters. The van der Waals surface area contributed by atoms with Crippen LogP contribution in [-0.2, 0) is 9.53 Å². The Labute approximate surface area is 113 Å². The Balaban J connectivity index is 2.03. The molecule has 2 rings (SSSR count). The van der Waals surface area contributed by atoms with E-state index in [2.05, 4.69) is 4.74 Å². The predicted octanol–water partition coefficient (Wildman–Crippen LogP) is 3.12. The van der Waals surface area contributed by atoms with E-state index in [1.54, 1.807) is 0 Å². The molecule has 0 bridgehead atoms. The van der Waals surface area contributed by atoms with Gasteiger partial charge in [0.15, 0.2) is 0 Å². The maximum absolute atomic E-state index is 11.4. The van der Waals surface area contributed by atoms with Crippen molar-refractivity contribution in [2.75, 3.05) is 7.11 Å². The van der Waals surface area contributed by atoms with Gasteiger partial charge < -0.3 is 4.74 Å². The molecule has 1 aliphatic rings. The first-order chi connectivity index (χ1) is 8.09. The number of carbonyl (C=O) groups excluding carboxylic acids is 1. The Morgan fingerprint density at radius 3 is 2.88 bits per heavy atom. The molecule has 0 spiro atoms. The van der Waals surface area contributed by atoms with Crippen molar-refractivity contribution in [3.05, 3.63) is 22.4 Å². The number of thiophene rings is 1. The molecule has 1 heterocycles. The van der Waals surface area contributed by atoms with Gasteiger partial charge in [0.2, 0.25) is 0 Å². The summed E-state index contributed by atoms with van der Waals surface area (Å²) in [6.45, 7) is 0. The molecule has 1 aromatic rings. The monoisotopic (exact) mass is 289 g/mol. The van der Waals surface area contributed by atoms with E-state index in [9.17, 15) is 4.79 Å². The number of hydrogen-bond donors (Lipinski definition) is 1. The summed E-state index contributed by atoms with van der Waals surface area (Å²) >= 11 is 9.01. The number of alkyl halides is 1. The molecule has 92 valence electrons. The van der Waals surface area contributed by atoms with Crippen molar-refractivity contribution in [1.29, 1.82) is 5.41 Å².